The van der Waals surface area contributed by atoms with Gasteiger partial charge < -0.3 is 5.32 Å². The van der Waals surface area contributed by atoms with Gasteiger partial charge in [-0.3, -0.25) is 0 Å². The molecule has 0 amide bonds. The number of aryl methyl sites for hydroxylation is 1. The molecule has 1 aliphatic rings. The van der Waals surface area contributed by atoms with Crippen LogP contribution in [-0.2, 0) is 6.42 Å². The molecule has 1 nitrogen and oxygen atoms in total. The second-order valence-electron chi connectivity index (χ2n) is 4.59. The number of piperidine rings is 1. The zero-order chi connectivity index (χ0) is 14.3. The zero-order valence-electron chi connectivity index (χ0n) is 13.4. The van der Waals surface area contributed by atoms with Gasteiger partial charge in [0.15, 0.2) is 0 Å². The molecule has 0 radical (unpaired) electrons. The molecule has 110 valence electrons. The lowest BCUT2D eigenvalue weighted by atomic mass is 9.93. The van der Waals surface area contributed by atoms with E-state index in [-0.39, 0.29) is 0 Å². The monoisotopic (exact) mass is 263 g/mol. The molecule has 19 heavy (non-hydrogen) atoms. The van der Waals surface area contributed by atoms with Gasteiger partial charge in [0.05, 0.1) is 0 Å². The van der Waals surface area contributed by atoms with Gasteiger partial charge in [-0.15, -0.1) is 0 Å². The maximum Gasteiger partial charge on any atom is -0.00205 e. The molecule has 1 saturated heterocycles. The third-order valence-corrected chi connectivity index (χ3v) is 3.32. The Balaban J connectivity index is 0.000000741. The van der Waals surface area contributed by atoms with Crippen molar-refractivity contribution < 1.29 is 0 Å². The van der Waals surface area contributed by atoms with Crippen molar-refractivity contribution in [3.63, 3.8) is 0 Å². The van der Waals surface area contributed by atoms with E-state index < -0.39 is 0 Å². The number of benzene rings is 1. The van der Waals surface area contributed by atoms with Crippen molar-refractivity contribution in [1.29, 1.82) is 0 Å². The topological polar surface area (TPSA) is 12.0 Å². The predicted octanol–water partition coefficient (Wildman–Crippen LogP) is 5.06. The van der Waals surface area contributed by atoms with Gasteiger partial charge in [0.2, 0.25) is 0 Å². The molecular formula is C18H33N. The maximum absolute atomic E-state index is 3.48. The summed E-state index contributed by atoms with van der Waals surface area (Å²) in [5, 5.41) is 3.48. The van der Waals surface area contributed by atoms with Crippen LogP contribution in [0.15, 0.2) is 30.3 Å². The quantitative estimate of drug-likeness (QED) is 0.800. The molecule has 1 atom stereocenters. The molecule has 1 heterocycles. The van der Waals surface area contributed by atoms with Crippen LogP contribution in [-0.4, -0.2) is 13.1 Å². The van der Waals surface area contributed by atoms with Crippen LogP contribution in [0.2, 0.25) is 0 Å². The number of hydrogen-bond donors (Lipinski definition) is 1. The van der Waals surface area contributed by atoms with E-state index in [1.165, 1.54) is 50.8 Å². The van der Waals surface area contributed by atoms with E-state index in [9.17, 15) is 0 Å². The van der Waals surface area contributed by atoms with Crippen LogP contribution in [0.1, 0.15) is 58.9 Å². The predicted molar refractivity (Wildman–Crippen MR) is 87.7 cm³/mol. The molecule has 1 N–H and O–H groups in total. The summed E-state index contributed by atoms with van der Waals surface area (Å²) in [7, 11) is 0. The summed E-state index contributed by atoms with van der Waals surface area (Å²) in [5.74, 6) is 0.933. The normalized spacial score (nSPS) is 17.6. The van der Waals surface area contributed by atoms with Gasteiger partial charge in [0.25, 0.3) is 0 Å². The summed E-state index contributed by atoms with van der Waals surface area (Å²) in [4.78, 5) is 0. The van der Waals surface area contributed by atoms with Gasteiger partial charge in [-0.1, -0.05) is 58.0 Å². The molecular weight excluding hydrogens is 230 g/mol. The fourth-order valence-corrected chi connectivity index (χ4v) is 2.41. The summed E-state index contributed by atoms with van der Waals surface area (Å²) in [6.45, 7) is 10.5. The molecule has 1 unspecified atom stereocenters. The van der Waals surface area contributed by atoms with Gasteiger partial charge in [0, 0.05) is 0 Å². The maximum atomic E-state index is 3.48. The summed E-state index contributed by atoms with van der Waals surface area (Å²) in [5.41, 5.74) is 1.49. The van der Waals surface area contributed by atoms with Crippen molar-refractivity contribution in [2.75, 3.05) is 13.1 Å². The van der Waals surface area contributed by atoms with Crippen molar-refractivity contribution >= 4 is 0 Å². The first-order valence-corrected chi connectivity index (χ1v) is 8.20. The standard InChI is InChI=1S/C14H21N.2C2H6/c1-2-6-13(7-3-1)8-4-9-14-10-5-11-15-12-14;2*1-2/h1-3,6-7,14-15H,4-5,8-12H2;2*1-2H3. The summed E-state index contributed by atoms with van der Waals surface area (Å²) in [6, 6.07) is 10.8. The van der Waals surface area contributed by atoms with E-state index in [2.05, 4.69) is 35.6 Å². The van der Waals surface area contributed by atoms with E-state index in [0.717, 1.165) is 5.92 Å². The minimum absolute atomic E-state index is 0.933. The third kappa shape index (κ3) is 8.83. The fraction of sp³-hybridized carbons (Fsp3) is 0.667. The van der Waals surface area contributed by atoms with Crippen LogP contribution < -0.4 is 5.32 Å². The minimum Gasteiger partial charge on any atom is -0.316 e. The third-order valence-electron chi connectivity index (χ3n) is 3.32. The van der Waals surface area contributed by atoms with Crippen LogP contribution >= 0.6 is 0 Å². The highest BCUT2D eigenvalue weighted by Crippen LogP contribution is 2.17. The Morgan fingerprint density at radius 3 is 2.32 bits per heavy atom. The summed E-state index contributed by atoms with van der Waals surface area (Å²) >= 11 is 0. The van der Waals surface area contributed by atoms with Gasteiger partial charge >= 0.3 is 0 Å². The zero-order valence-corrected chi connectivity index (χ0v) is 13.4. The highest BCUT2D eigenvalue weighted by atomic mass is 14.9. The molecule has 0 aliphatic carbocycles. The highest BCUT2D eigenvalue weighted by Gasteiger charge is 2.11. The van der Waals surface area contributed by atoms with Gasteiger partial charge in [0.1, 0.15) is 0 Å². The lowest BCUT2D eigenvalue weighted by Gasteiger charge is -2.22. The van der Waals surface area contributed by atoms with Crippen LogP contribution in [0.4, 0.5) is 0 Å². The molecule has 1 aromatic rings. The Morgan fingerprint density at radius 1 is 1.05 bits per heavy atom. The van der Waals surface area contributed by atoms with Crippen LogP contribution in [0.3, 0.4) is 0 Å². The molecule has 1 aliphatic heterocycles. The second-order valence-corrected chi connectivity index (χ2v) is 4.59. The molecule has 0 aromatic heterocycles. The number of rotatable bonds is 4. The first-order valence-electron chi connectivity index (χ1n) is 8.20. The van der Waals surface area contributed by atoms with Crippen molar-refractivity contribution in [2.45, 2.75) is 59.8 Å². The van der Waals surface area contributed by atoms with Crippen molar-refractivity contribution in [3.05, 3.63) is 35.9 Å². The van der Waals surface area contributed by atoms with Crippen LogP contribution in [0, 0.1) is 5.92 Å². The SMILES string of the molecule is CC.CC.c1ccc(CCCC2CCCNC2)cc1. The summed E-state index contributed by atoms with van der Waals surface area (Å²) < 4.78 is 0. The van der Waals surface area contributed by atoms with E-state index in [4.69, 9.17) is 0 Å². The van der Waals surface area contributed by atoms with Gasteiger partial charge in [-0.05, 0) is 56.7 Å². The van der Waals surface area contributed by atoms with Crippen LogP contribution in [0.5, 0.6) is 0 Å². The molecule has 2 rings (SSSR count). The first-order chi connectivity index (χ1) is 9.45. The Hall–Kier alpha value is -0.820. The van der Waals surface area contributed by atoms with E-state index in [1.54, 1.807) is 0 Å². The average molecular weight is 263 g/mol. The molecule has 0 spiro atoms. The molecule has 1 aromatic carbocycles. The Bertz CT molecular complexity index is 262. The van der Waals surface area contributed by atoms with Gasteiger partial charge in [-0.2, -0.15) is 0 Å². The largest absolute Gasteiger partial charge is 0.316 e. The second kappa shape index (κ2) is 13.6. The number of nitrogens with one attached hydrogen (secondary N) is 1. The molecule has 0 bridgehead atoms. The van der Waals surface area contributed by atoms with Crippen molar-refractivity contribution in [1.82, 2.24) is 5.32 Å². The van der Waals surface area contributed by atoms with E-state index in [0.29, 0.717) is 0 Å². The summed E-state index contributed by atoms with van der Waals surface area (Å²) in [6.07, 6.45) is 6.79. The lowest BCUT2D eigenvalue weighted by Crippen LogP contribution is -2.29. The van der Waals surface area contributed by atoms with Gasteiger partial charge in [-0.25, -0.2) is 0 Å². The Labute approximate surface area is 120 Å². The number of hydrogen-bond acceptors (Lipinski definition) is 1. The smallest absolute Gasteiger partial charge is 0.00205 e. The Kier molecular flexibility index (Phi) is 13.0. The van der Waals surface area contributed by atoms with E-state index in [1.807, 2.05) is 27.7 Å². The van der Waals surface area contributed by atoms with Crippen molar-refractivity contribution in [3.8, 4) is 0 Å². The van der Waals surface area contributed by atoms with E-state index >= 15 is 0 Å². The molecule has 0 saturated carbocycles. The Morgan fingerprint density at radius 2 is 1.74 bits per heavy atom. The van der Waals surface area contributed by atoms with Crippen molar-refractivity contribution in [2.24, 2.45) is 5.92 Å². The average Bonchev–Trinajstić information content (AvgIpc) is 2.53. The first kappa shape index (κ1) is 18.2. The van der Waals surface area contributed by atoms with Crippen LogP contribution in [0.25, 0.3) is 0 Å². The fourth-order valence-electron chi connectivity index (χ4n) is 2.41. The molecule has 1 heteroatoms. The minimum atomic E-state index is 0.933. The molecule has 1 fully saturated rings. The lowest BCUT2D eigenvalue weighted by molar-refractivity contribution is 0.351. The highest BCUT2D eigenvalue weighted by molar-refractivity contribution is 5.14.